The summed E-state index contributed by atoms with van der Waals surface area (Å²) < 4.78 is 0. The van der Waals surface area contributed by atoms with E-state index in [1.54, 1.807) is 6.33 Å². The second kappa shape index (κ2) is 6.44. The number of aromatic nitrogens is 2. The second-order valence-corrected chi connectivity index (χ2v) is 6.60. The van der Waals surface area contributed by atoms with Crippen LogP contribution in [0.3, 0.4) is 0 Å². The summed E-state index contributed by atoms with van der Waals surface area (Å²) in [4.78, 5) is 11.1. The summed E-state index contributed by atoms with van der Waals surface area (Å²) in [6.45, 7) is 8.44. The van der Waals surface area contributed by atoms with Gasteiger partial charge in [-0.05, 0) is 49.8 Å². The van der Waals surface area contributed by atoms with E-state index in [1.165, 1.54) is 24.0 Å². The molecule has 1 aromatic carbocycles. The van der Waals surface area contributed by atoms with Gasteiger partial charge in [-0.1, -0.05) is 19.1 Å². The van der Waals surface area contributed by atoms with Gasteiger partial charge in [-0.3, -0.25) is 0 Å². The van der Waals surface area contributed by atoms with Gasteiger partial charge in [-0.2, -0.15) is 0 Å². The number of aryl methyl sites for hydroxylation is 2. The van der Waals surface area contributed by atoms with Crippen LogP contribution in [0.5, 0.6) is 0 Å². The summed E-state index contributed by atoms with van der Waals surface area (Å²) in [7, 11) is 0. The molecule has 3 rings (SSSR count). The maximum absolute atomic E-state index is 6.37. The third kappa shape index (κ3) is 3.38. The van der Waals surface area contributed by atoms with Gasteiger partial charge >= 0.3 is 0 Å². The standard InChI is InChI=1S/C18H25N5/c1-12-6-7-14(3)15(9-12)22-17-16(19)18(21-11-20-17)23-8-4-5-13(2)10-23/h6-7,9,11,13H,4-5,8,10,19H2,1-3H3,(H,20,21,22). The highest BCUT2D eigenvalue weighted by molar-refractivity contribution is 5.79. The van der Waals surface area contributed by atoms with Gasteiger partial charge < -0.3 is 16.0 Å². The molecule has 0 aliphatic carbocycles. The molecule has 3 N–H and O–H groups in total. The Bertz CT molecular complexity index is 698. The zero-order chi connectivity index (χ0) is 16.4. The SMILES string of the molecule is Cc1ccc(C)c(Nc2ncnc(N3CCCC(C)C3)c2N)c1. The predicted octanol–water partition coefficient (Wildman–Crippen LogP) is 3.66. The Balaban J connectivity index is 1.89. The normalized spacial score (nSPS) is 18.0. The number of nitrogen functional groups attached to an aromatic ring is 1. The van der Waals surface area contributed by atoms with Crippen molar-refractivity contribution >= 4 is 23.0 Å². The summed E-state index contributed by atoms with van der Waals surface area (Å²) in [6.07, 6.45) is 4.05. The van der Waals surface area contributed by atoms with Gasteiger partial charge in [0.2, 0.25) is 0 Å². The Kier molecular flexibility index (Phi) is 4.37. The third-order valence-electron chi connectivity index (χ3n) is 4.47. The smallest absolute Gasteiger partial charge is 0.159 e. The zero-order valence-electron chi connectivity index (χ0n) is 14.1. The van der Waals surface area contributed by atoms with E-state index >= 15 is 0 Å². The number of hydrogen-bond acceptors (Lipinski definition) is 5. The highest BCUT2D eigenvalue weighted by Crippen LogP contribution is 2.32. The van der Waals surface area contributed by atoms with Crippen molar-refractivity contribution < 1.29 is 0 Å². The van der Waals surface area contributed by atoms with Crippen LogP contribution in [-0.2, 0) is 0 Å². The van der Waals surface area contributed by atoms with Crippen molar-refractivity contribution in [2.45, 2.75) is 33.6 Å². The molecule has 1 fully saturated rings. The van der Waals surface area contributed by atoms with E-state index < -0.39 is 0 Å². The van der Waals surface area contributed by atoms with Crippen molar-refractivity contribution in [2.75, 3.05) is 29.0 Å². The number of nitrogens with two attached hydrogens (primary N) is 1. The van der Waals surface area contributed by atoms with E-state index in [0.717, 1.165) is 24.6 Å². The van der Waals surface area contributed by atoms with Crippen LogP contribution in [0.4, 0.5) is 23.0 Å². The van der Waals surface area contributed by atoms with Gasteiger partial charge in [0.25, 0.3) is 0 Å². The van der Waals surface area contributed by atoms with Crippen molar-refractivity contribution in [1.82, 2.24) is 9.97 Å². The average Bonchev–Trinajstić information content (AvgIpc) is 2.53. The third-order valence-corrected chi connectivity index (χ3v) is 4.47. The van der Waals surface area contributed by atoms with Gasteiger partial charge in [0.1, 0.15) is 12.0 Å². The number of hydrogen-bond donors (Lipinski definition) is 2. The predicted molar refractivity (Wildman–Crippen MR) is 96.3 cm³/mol. The maximum Gasteiger partial charge on any atom is 0.159 e. The van der Waals surface area contributed by atoms with Crippen LogP contribution in [0, 0.1) is 19.8 Å². The summed E-state index contributed by atoms with van der Waals surface area (Å²) >= 11 is 0. The number of piperidine rings is 1. The molecule has 1 unspecified atom stereocenters. The van der Waals surface area contributed by atoms with Gasteiger partial charge in [-0.25, -0.2) is 9.97 Å². The van der Waals surface area contributed by atoms with E-state index in [4.69, 9.17) is 5.73 Å². The average molecular weight is 311 g/mol. The van der Waals surface area contributed by atoms with E-state index in [9.17, 15) is 0 Å². The minimum Gasteiger partial charge on any atom is -0.393 e. The van der Waals surface area contributed by atoms with E-state index in [2.05, 4.69) is 59.2 Å². The highest BCUT2D eigenvalue weighted by atomic mass is 15.2. The zero-order valence-corrected chi connectivity index (χ0v) is 14.1. The largest absolute Gasteiger partial charge is 0.393 e. The molecular weight excluding hydrogens is 286 g/mol. The molecule has 0 radical (unpaired) electrons. The molecule has 0 bridgehead atoms. The quantitative estimate of drug-likeness (QED) is 0.905. The van der Waals surface area contributed by atoms with Crippen molar-refractivity contribution in [2.24, 2.45) is 5.92 Å². The number of nitrogens with one attached hydrogen (secondary N) is 1. The first kappa shape index (κ1) is 15.6. The lowest BCUT2D eigenvalue weighted by molar-refractivity contribution is 0.445. The molecule has 2 aromatic rings. The number of rotatable bonds is 3. The summed E-state index contributed by atoms with van der Waals surface area (Å²) in [5, 5.41) is 3.37. The highest BCUT2D eigenvalue weighted by Gasteiger charge is 2.21. The number of nitrogens with zero attached hydrogens (tertiary/aromatic N) is 3. The van der Waals surface area contributed by atoms with Crippen LogP contribution in [0.15, 0.2) is 24.5 Å². The molecule has 2 heterocycles. The lowest BCUT2D eigenvalue weighted by atomic mass is 10.0. The maximum atomic E-state index is 6.37. The molecule has 1 atom stereocenters. The summed E-state index contributed by atoms with van der Waals surface area (Å²) in [5.74, 6) is 2.20. The Morgan fingerprint density at radius 2 is 2.09 bits per heavy atom. The molecule has 5 nitrogen and oxygen atoms in total. The van der Waals surface area contributed by atoms with Crippen molar-refractivity contribution in [3.8, 4) is 0 Å². The van der Waals surface area contributed by atoms with Crippen molar-refractivity contribution in [3.63, 3.8) is 0 Å². The van der Waals surface area contributed by atoms with Crippen LogP contribution in [0.1, 0.15) is 30.9 Å². The molecule has 23 heavy (non-hydrogen) atoms. The Labute approximate surface area is 137 Å². The van der Waals surface area contributed by atoms with Gasteiger partial charge in [-0.15, -0.1) is 0 Å². The summed E-state index contributed by atoms with van der Waals surface area (Å²) in [5.41, 5.74) is 10.4. The van der Waals surface area contributed by atoms with Crippen molar-refractivity contribution in [1.29, 1.82) is 0 Å². The monoisotopic (exact) mass is 311 g/mol. The van der Waals surface area contributed by atoms with Crippen LogP contribution >= 0.6 is 0 Å². The van der Waals surface area contributed by atoms with E-state index in [1.807, 2.05) is 0 Å². The second-order valence-electron chi connectivity index (χ2n) is 6.60. The van der Waals surface area contributed by atoms with Crippen LogP contribution in [0.25, 0.3) is 0 Å². The van der Waals surface area contributed by atoms with Crippen molar-refractivity contribution in [3.05, 3.63) is 35.7 Å². The molecule has 1 aliphatic rings. The fraction of sp³-hybridized carbons (Fsp3) is 0.444. The van der Waals surface area contributed by atoms with Gasteiger partial charge in [0.05, 0.1) is 0 Å². The first-order chi connectivity index (χ1) is 11.0. The number of benzene rings is 1. The van der Waals surface area contributed by atoms with E-state index in [0.29, 0.717) is 17.4 Å². The number of anilines is 4. The van der Waals surface area contributed by atoms with Crippen LogP contribution < -0.4 is 16.0 Å². The lowest BCUT2D eigenvalue weighted by Crippen LogP contribution is -2.35. The fourth-order valence-corrected chi connectivity index (χ4v) is 3.12. The van der Waals surface area contributed by atoms with Gasteiger partial charge in [0.15, 0.2) is 11.6 Å². The first-order valence-electron chi connectivity index (χ1n) is 8.24. The molecule has 1 saturated heterocycles. The minimum atomic E-state index is 0.627. The molecule has 1 aliphatic heterocycles. The Morgan fingerprint density at radius 3 is 2.87 bits per heavy atom. The summed E-state index contributed by atoms with van der Waals surface area (Å²) in [6, 6.07) is 6.31. The van der Waals surface area contributed by atoms with Gasteiger partial charge in [0, 0.05) is 18.8 Å². The topological polar surface area (TPSA) is 67.1 Å². The lowest BCUT2D eigenvalue weighted by Gasteiger charge is -2.32. The molecule has 1 aromatic heterocycles. The molecule has 0 saturated carbocycles. The molecular formula is C18H25N5. The minimum absolute atomic E-state index is 0.627. The Morgan fingerprint density at radius 1 is 1.26 bits per heavy atom. The molecule has 5 heteroatoms. The molecule has 122 valence electrons. The van der Waals surface area contributed by atoms with E-state index in [-0.39, 0.29) is 0 Å². The van der Waals surface area contributed by atoms with Crippen LogP contribution in [0.2, 0.25) is 0 Å². The molecule has 0 amide bonds. The molecule has 0 spiro atoms. The van der Waals surface area contributed by atoms with Crippen LogP contribution in [-0.4, -0.2) is 23.1 Å². The Hall–Kier alpha value is -2.30. The first-order valence-corrected chi connectivity index (χ1v) is 8.24. The fourth-order valence-electron chi connectivity index (χ4n) is 3.12.